The van der Waals surface area contributed by atoms with Crippen LogP contribution in [0.3, 0.4) is 0 Å². The van der Waals surface area contributed by atoms with Gasteiger partial charge < -0.3 is 13.7 Å². The highest BCUT2D eigenvalue weighted by Crippen LogP contribution is 2.43. The lowest BCUT2D eigenvalue weighted by molar-refractivity contribution is 1.15. The zero-order valence-electron chi connectivity index (χ0n) is 29.5. The molecule has 254 valence electrons. The molecule has 5 nitrogen and oxygen atoms in total. The van der Waals surface area contributed by atoms with Crippen molar-refractivity contribution in [1.82, 2.24) is 13.7 Å². The van der Waals surface area contributed by atoms with Crippen LogP contribution in [0, 0.1) is 17.9 Å². The van der Waals surface area contributed by atoms with Crippen LogP contribution >= 0.6 is 0 Å². The van der Waals surface area contributed by atoms with Gasteiger partial charge >= 0.3 is 0 Å². The van der Waals surface area contributed by atoms with Crippen molar-refractivity contribution in [3.63, 3.8) is 0 Å². The Hall–Kier alpha value is -7.86. The molecule has 0 saturated heterocycles. The Balaban J connectivity index is 1.22. The van der Waals surface area contributed by atoms with E-state index in [-0.39, 0.29) is 0 Å². The largest absolute Gasteiger partial charge is 0.309 e. The first kappa shape index (κ1) is 30.7. The number of nitrogens with zero attached hydrogens (tertiary/aromatic N) is 5. The summed E-state index contributed by atoms with van der Waals surface area (Å²) in [4.78, 5) is 3.87. The first-order chi connectivity index (χ1) is 27.2. The van der Waals surface area contributed by atoms with Gasteiger partial charge in [-0.3, -0.25) is 0 Å². The molecular weight excluding hydrogens is 671 g/mol. The van der Waals surface area contributed by atoms with Crippen LogP contribution < -0.4 is 0 Å². The Bertz CT molecular complexity index is 3420. The van der Waals surface area contributed by atoms with Crippen molar-refractivity contribution in [2.75, 3.05) is 0 Å². The summed E-state index contributed by atoms with van der Waals surface area (Å²) >= 11 is 0. The maximum Gasteiger partial charge on any atom is 0.189 e. The number of benzene rings is 8. The minimum Gasteiger partial charge on any atom is -0.309 e. The summed E-state index contributed by atoms with van der Waals surface area (Å²) in [6.07, 6.45) is 0. The van der Waals surface area contributed by atoms with E-state index in [0.717, 1.165) is 61.0 Å². The van der Waals surface area contributed by atoms with Gasteiger partial charge in [0, 0.05) is 54.8 Å². The second kappa shape index (κ2) is 11.8. The quantitative estimate of drug-likeness (QED) is 0.169. The highest BCUT2D eigenvalue weighted by molar-refractivity contribution is 6.14. The summed E-state index contributed by atoms with van der Waals surface area (Å²) in [6.45, 7) is 8.02. The number of para-hydroxylation sites is 6. The van der Waals surface area contributed by atoms with Crippen LogP contribution in [0.15, 0.2) is 176 Å². The molecule has 0 fully saturated rings. The van der Waals surface area contributed by atoms with Crippen molar-refractivity contribution < 1.29 is 0 Å². The molecule has 0 aliphatic rings. The van der Waals surface area contributed by atoms with E-state index in [0.29, 0.717) is 11.3 Å². The number of hydrogen-bond acceptors (Lipinski definition) is 1. The summed E-state index contributed by atoms with van der Waals surface area (Å²) in [5.74, 6) is 0. The van der Waals surface area contributed by atoms with Crippen molar-refractivity contribution in [2.24, 2.45) is 0 Å². The van der Waals surface area contributed by atoms with E-state index >= 15 is 0 Å². The van der Waals surface area contributed by atoms with E-state index in [1.807, 2.05) is 36.4 Å². The molecule has 11 rings (SSSR count). The molecule has 55 heavy (non-hydrogen) atoms. The minimum atomic E-state index is 0.532. The van der Waals surface area contributed by atoms with Gasteiger partial charge in [-0.2, -0.15) is 5.26 Å². The third-order valence-electron chi connectivity index (χ3n) is 11.1. The molecule has 0 spiro atoms. The normalized spacial score (nSPS) is 11.6. The lowest BCUT2D eigenvalue weighted by Gasteiger charge is -2.19. The number of nitriles is 1. The Morgan fingerprint density at radius 2 is 0.945 bits per heavy atom. The van der Waals surface area contributed by atoms with Gasteiger partial charge in [0.15, 0.2) is 5.69 Å². The van der Waals surface area contributed by atoms with Crippen LogP contribution in [0.25, 0.3) is 98.5 Å². The van der Waals surface area contributed by atoms with Gasteiger partial charge in [-0.25, -0.2) is 4.85 Å². The van der Waals surface area contributed by atoms with Crippen LogP contribution in [0.1, 0.15) is 5.56 Å². The predicted molar refractivity (Wildman–Crippen MR) is 226 cm³/mol. The standard InChI is InChI=1S/C50H29N5/c1-52-33-25-27-40(48(29-33)55-47-24-11-6-18-39(47)42-19-12-13-32(31-51)50(42)55)37-16-4-9-22-45(37)54-46-23-10-5-17-38(46)41-28-26-34(30-49(41)54)53-43-20-7-2-14-35(43)36-15-3-8-21-44(36)53/h2-30H. The molecule has 0 aliphatic heterocycles. The number of rotatable bonds is 4. The van der Waals surface area contributed by atoms with Gasteiger partial charge in [-0.05, 0) is 54.6 Å². The lowest BCUT2D eigenvalue weighted by Crippen LogP contribution is -2.02. The maximum absolute atomic E-state index is 10.4. The van der Waals surface area contributed by atoms with Crippen molar-refractivity contribution in [2.45, 2.75) is 0 Å². The average Bonchev–Trinajstić information content (AvgIpc) is 3.89. The molecule has 0 atom stereocenters. The number of aromatic nitrogens is 3. The molecule has 0 amide bonds. The highest BCUT2D eigenvalue weighted by atomic mass is 15.0. The van der Waals surface area contributed by atoms with Crippen molar-refractivity contribution in [1.29, 1.82) is 5.26 Å². The first-order valence-electron chi connectivity index (χ1n) is 18.3. The fourth-order valence-corrected chi connectivity index (χ4v) is 8.82. The fraction of sp³-hybridized carbons (Fsp3) is 0. The van der Waals surface area contributed by atoms with Gasteiger partial charge in [-0.15, -0.1) is 0 Å². The fourth-order valence-electron chi connectivity index (χ4n) is 8.82. The second-order valence-electron chi connectivity index (χ2n) is 13.9. The number of fused-ring (bicyclic) bond motifs is 9. The molecule has 0 radical (unpaired) electrons. The zero-order chi connectivity index (χ0) is 36.6. The molecular formula is C50H29N5. The van der Waals surface area contributed by atoms with Crippen LogP contribution in [-0.4, -0.2) is 13.7 Å². The molecule has 3 heterocycles. The first-order valence-corrected chi connectivity index (χ1v) is 18.3. The molecule has 0 bridgehead atoms. The summed E-state index contributed by atoms with van der Waals surface area (Å²) in [5.41, 5.74) is 12.4. The SMILES string of the molecule is [C-]#[N+]c1ccc(-c2ccccc2-n2c3ccccc3c3ccc(-n4c5ccccc5c5ccccc54)cc32)c(-n2c3ccccc3c3cccc(C#N)c32)c1. The molecule has 0 unspecified atom stereocenters. The van der Waals surface area contributed by atoms with Crippen LogP contribution in [0.5, 0.6) is 0 Å². The predicted octanol–water partition coefficient (Wildman–Crippen LogP) is 13.1. The van der Waals surface area contributed by atoms with Crippen molar-refractivity contribution >= 4 is 71.1 Å². The van der Waals surface area contributed by atoms with E-state index in [4.69, 9.17) is 6.57 Å². The second-order valence-corrected chi connectivity index (χ2v) is 13.9. The molecule has 3 aromatic heterocycles. The summed E-state index contributed by atoms with van der Waals surface area (Å²) in [7, 11) is 0. The third-order valence-corrected chi connectivity index (χ3v) is 11.1. The summed E-state index contributed by atoms with van der Waals surface area (Å²) in [6, 6.07) is 63.7. The molecule has 0 saturated carbocycles. The van der Waals surface area contributed by atoms with Gasteiger partial charge in [0.1, 0.15) is 6.07 Å². The molecule has 8 aromatic carbocycles. The minimum absolute atomic E-state index is 0.532. The van der Waals surface area contributed by atoms with Gasteiger partial charge in [0.2, 0.25) is 0 Å². The zero-order valence-corrected chi connectivity index (χ0v) is 29.5. The van der Waals surface area contributed by atoms with E-state index in [1.165, 1.54) is 32.6 Å². The van der Waals surface area contributed by atoms with Gasteiger partial charge in [-0.1, -0.05) is 121 Å². The molecule has 0 aliphatic carbocycles. The highest BCUT2D eigenvalue weighted by Gasteiger charge is 2.22. The van der Waals surface area contributed by atoms with Crippen molar-refractivity contribution in [3.05, 3.63) is 193 Å². The van der Waals surface area contributed by atoms with Gasteiger partial charge in [0.05, 0.1) is 50.9 Å². The Morgan fingerprint density at radius 3 is 1.60 bits per heavy atom. The maximum atomic E-state index is 10.4. The van der Waals surface area contributed by atoms with Crippen LogP contribution in [-0.2, 0) is 0 Å². The van der Waals surface area contributed by atoms with Crippen molar-refractivity contribution in [3.8, 4) is 34.3 Å². The van der Waals surface area contributed by atoms with E-state index in [9.17, 15) is 5.26 Å². The summed E-state index contributed by atoms with van der Waals surface area (Å²) < 4.78 is 6.93. The van der Waals surface area contributed by atoms with E-state index in [2.05, 4.69) is 164 Å². The average molecular weight is 700 g/mol. The topological polar surface area (TPSA) is 42.9 Å². The van der Waals surface area contributed by atoms with Crippen LogP contribution in [0.2, 0.25) is 0 Å². The summed E-state index contributed by atoms with van der Waals surface area (Å²) in [5, 5.41) is 17.2. The third kappa shape index (κ3) is 4.39. The Kier molecular flexibility index (Phi) is 6.61. The van der Waals surface area contributed by atoms with E-state index < -0.39 is 0 Å². The Labute approximate surface area is 316 Å². The monoisotopic (exact) mass is 699 g/mol. The molecule has 11 aromatic rings. The molecule has 5 heteroatoms. The van der Waals surface area contributed by atoms with Crippen LogP contribution in [0.4, 0.5) is 5.69 Å². The van der Waals surface area contributed by atoms with E-state index in [1.54, 1.807) is 0 Å². The smallest absolute Gasteiger partial charge is 0.189 e. The number of hydrogen-bond donors (Lipinski definition) is 0. The Morgan fingerprint density at radius 1 is 0.418 bits per heavy atom. The molecule has 0 N–H and O–H groups in total. The van der Waals surface area contributed by atoms with Gasteiger partial charge in [0.25, 0.3) is 0 Å². The lowest BCUT2D eigenvalue weighted by atomic mass is 10.00.